The smallest absolute Gasteiger partial charge is 0.148 e. The van der Waals surface area contributed by atoms with Crippen LogP contribution in [0.5, 0.6) is 0 Å². The summed E-state index contributed by atoms with van der Waals surface area (Å²) in [5, 5.41) is -0.0182. The molecule has 0 aliphatic rings. The molecule has 0 spiro atoms. The van der Waals surface area contributed by atoms with Gasteiger partial charge in [-0.15, -0.1) is 0 Å². The lowest BCUT2D eigenvalue weighted by Gasteiger charge is -2.11. The third kappa shape index (κ3) is 2.10. The maximum Gasteiger partial charge on any atom is 0.148 e. The van der Waals surface area contributed by atoms with E-state index >= 15 is 0 Å². The monoisotopic (exact) mass is 225 g/mol. The fourth-order valence-corrected chi connectivity index (χ4v) is 1.41. The molecule has 1 nitrogen and oxygen atoms in total. The highest BCUT2D eigenvalue weighted by atomic mass is 35.5. The molecule has 0 aliphatic heterocycles. The van der Waals surface area contributed by atoms with E-state index in [2.05, 4.69) is 0 Å². The highest BCUT2D eigenvalue weighted by Crippen LogP contribution is 2.29. The zero-order valence-electron chi connectivity index (χ0n) is 6.53. The van der Waals surface area contributed by atoms with E-state index in [1.807, 2.05) is 0 Å². The van der Waals surface area contributed by atoms with Gasteiger partial charge in [0.25, 0.3) is 0 Å². The van der Waals surface area contributed by atoms with Gasteiger partial charge in [0.05, 0.1) is 11.1 Å². The normalized spacial score (nSPS) is 13.0. The summed E-state index contributed by atoms with van der Waals surface area (Å²) in [4.78, 5) is 0. The standard InChI is InChI=1S/C8H7Cl2F2N/c9-4-1-2-5(10)8(12)7(4)6(13)3-11/h1-2,6H,3,13H2. The number of rotatable bonds is 2. The fraction of sp³-hybridized carbons (Fsp3) is 0.250. The maximum atomic E-state index is 13.2. The fourth-order valence-electron chi connectivity index (χ4n) is 0.960. The van der Waals surface area contributed by atoms with E-state index in [0.29, 0.717) is 0 Å². The Balaban J connectivity index is 3.25. The van der Waals surface area contributed by atoms with Crippen LogP contribution in [0.1, 0.15) is 11.6 Å². The zero-order valence-corrected chi connectivity index (χ0v) is 8.04. The lowest BCUT2D eigenvalue weighted by atomic mass is 10.1. The van der Waals surface area contributed by atoms with Crippen LogP contribution in [0.25, 0.3) is 0 Å². The lowest BCUT2D eigenvalue weighted by Crippen LogP contribution is -2.14. The van der Waals surface area contributed by atoms with Gasteiger partial charge < -0.3 is 5.73 Å². The van der Waals surface area contributed by atoms with Crippen molar-refractivity contribution in [3.8, 4) is 0 Å². The molecule has 1 aromatic rings. The Kier molecular flexibility index (Phi) is 3.47. The second-order valence-electron chi connectivity index (χ2n) is 2.52. The minimum absolute atomic E-state index is 0.0725. The molecule has 0 aromatic heterocycles. The summed E-state index contributed by atoms with van der Waals surface area (Å²) in [6, 6.07) is 1.62. The molecule has 0 heterocycles. The summed E-state index contributed by atoms with van der Waals surface area (Å²) in [6.45, 7) is -0.878. The number of benzene rings is 1. The molecule has 0 saturated heterocycles. The van der Waals surface area contributed by atoms with E-state index in [9.17, 15) is 8.78 Å². The summed E-state index contributed by atoms with van der Waals surface area (Å²) in [7, 11) is 0. The highest BCUT2D eigenvalue weighted by Gasteiger charge is 2.17. The lowest BCUT2D eigenvalue weighted by molar-refractivity contribution is 0.427. The predicted octanol–water partition coefficient (Wildman–Crippen LogP) is 3.10. The molecule has 5 heteroatoms. The van der Waals surface area contributed by atoms with Crippen LogP contribution >= 0.6 is 23.2 Å². The van der Waals surface area contributed by atoms with Crippen LogP contribution in [0.15, 0.2) is 12.1 Å². The Morgan fingerprint density at radius 1 is 1.31 bits per heavy atom. The van der Waals surface area contributed by atoms with Gasteiger partial charge in [-0.2, -0.15) is 0 Å². The Labute approximate surface area is 84.4 Å². The first kappa shape index (κ1) is 10.7. The van der Waals surface area contributed by atoms with Crippen LogP contribution in [-0.4, -0.2) is 6.67 Å². The van der Waals surface area contributed by atoms with Crippen LogP contribution in [0.4, 0.5) is 8.78 Å². The van der Waals surface area contributed by atoms with Gasteiger partial charge in [-0.25, -0.2) is 8.78 Å². The molecule has 0 amide bonds. The van der Waals surface area contributed by atoms with Crippen molar-refractivity contribution < 1.29 is 8.78 Å². The largest absolute Gasteiger partial charge is 0.322 e. The van der Waals surface area contributed by atoms with Crippen molar-refractivity contribution in [2.75, 3.05) is 6.67 Å². The van der Waals surface area contributed by atoms with Gasteiger partial charge in [0.2, 0.25) is 0 Å². The molecule has 1 aromatic carbocycles. The maximum absolute atomic E-state index is 13.2. The van der Waals surface area contributed by atoms with Gasteiger partial charge in [-0.3, -0.25) is 0 Å². The summed E-state index contributed by atoms with van der Waals surface area (Å²) in [5.41, 5.74) is 5.23. The molecule has 0 bridgehead atoms. The third-order valence-corrected chi connectivity index (χ3v) is 2.24. The first-order valence-corrected chi connectivity index (χ1v) is 4.28. The second-order valence-corrected chi connectivity index (χ2v) is 3.33. The summed E-state index contributed by atoms with van der Waals surface area (Å²) in [6.07, 6.45) is 0. The molecule has 2 N–H and O–H groups in total. The summed E-state index contributed by atoms with van der Waals surface area (Å²) < 4.78 is 25.4. The molecule has 13 heavy (non-hydrogen) atoms. The molecule has 0 aliphatic carbocycles. The van der Waals surface area contributed by atoms with Crippen LogP contribution in [-0.2, 0) is 0 Å². The third-order valence-electron chi connectivity index (χ3n) is 1.62. The average Bonchev–Trinajstić information content (AvgIpc) is 2.12. The Morgan fingerprint density at radius 2 is 1.85 bits per heavy atom. The van der Waals surface area contributed by atoms with E-state index in [-0.39, 0.29) is 15.6 Å². The second kappa shape index (κ2) is 4.22. The topological polar surface area (TPSA) is 26.0 Å². The Morgan fingerprint density at radius 3 is 2.38 bits per heavy atom. The average molecular weight is 226 g/mol. The van der Waals surface area contributed by atoms with Crippen LogP contribution in [0.2, 0.25) is 10.0 Å². The first-order valence-electron chi connectivity index (χ1n) is 3.53. The quantitative estimate of drug-likeness (QED) is 0.770. The van der Waals surface area contributed by atoms with Gasteiger partial charge in [0, 0.05) is 10.6 Å². The minimum Gasteiger partial charge on any atom is -0.322 e. The zero-order chi connectivity index (χ0) is 10.0. The van der Waals surface area contributed by atoms with Crippen molar-refractivity contribution in [3.63, 3.8) is 0 Å². The van der Waals surface area contributed by atoms with Crippen LogP contribution < -0.4 is 5.73 Å². The van der Waals surface area contributed by atoms with E-state index in [4.69, 9.17) is 28.9 Å². The van der Waals surface area contributed by atoms with E-state index < -0.39 is 18.5 Å². The molecule has 0 radical (unpaired) electrons. The Hall–Kier alpha value is -0.380. The van der Waals surface area contributed by atoms with Crippen molar-refractivity contribution >= 4 is 23.2 Å². The van der Waals surface area contributed by atoms with Gasteiger partial charge in [0.1, 0.15) is 12.5 Å². The van der Waals surface area contributed by atoms with Crippen molar-refractivity contribution in [1.29, 1.82) is 0 Å². The number of halogens is 4. The van der Waals surface area contributed by atoms with Crippen LogP contribution in [0, 0.1) is 5.82 Å². The number of hydrogen-bond acceptors (Lipinski definition) is 1. The van der Waals surface area contributed by atoms with Crippen LogP contribution in [0.3, 0.4) is 0 Å². The van der Waals surface area contributed by atoms with Gasteiger partial charge in [-0.05, 0) is 12.1 Å². The van der Waals surface area contributed by atoms with Gasteiger partial charge >= 0.3 is 0 Å². The summed E-state index contributed by atoms with van der Waals surface area (Å²) >= 11 is 11.1. The molecule has 72 valence electrons. The molecular formula is C8H7Cl2F2N. The molecular weight excluding hydrogens is 219 g/mol. The van der Waals surface area contributed by atoms with Crippen molar-refractivity contribution in [1.82, 2.24) is 0 Å². The predicted molar refractivity (Wildman–Crippen MR) is 49.3 cm³/mol. The number of hydrogen-bond donors (Lipinski definition) is 1. The Bertz CT molecular complexity index is 317. The molecule has 1 atom stereocenters. The van der Waals surface area contributed by atoms with Crippen molar-refractivity contribution in [3.05, 3.63) is 33.6 Å². The molecule has 1 unspecified atom stereocenters. The number of nitrogens with two attached hydrogens (primary N) is 1. The molecule has 0 fully saturated rings. The van der Waals surface area contributed by atoms with Crippen molar-refractivity contribution in [2.45, 2.75) is 6.04 Å². The van der Waals surface area contributed by atoms with E-state index in [1.54, 1.807) is 0 Å². The van der Waals surface area contributed by atoms with Gasteiger partial charge in [-0.1, -0.05) is 23.2 Å². The summed E-state index contributed by atoms with van der Waals surface area (Å²) in [5.74, 6) is -0.751. The molecule has 1 rings (SSSR count). The van der Waals surface area contributed by atoms with Gasteiger partial charge in [0.15, 0.2) is 0 Å². The van der Waals surface area contributed by atoms with Crippen molar-refractivity contribution in [2.24, 2.45) is 5.73 Å². The van der Waals surface area contributed by atoms with E-state index in [0.717, 1.165) is 0 Å². The SMILES string of the molecule is NC(CF)c1c(Cl)ccc(Cl)c1F. The number of alkyl halides is 1. The van der Waals surface area contributed by atoms with E-state index in [1.165, 1.54) is 12.1 Å². The first-order chi connectivity index (χ1) is 6.07. The minimum atomic E-state index is -1.06. The highest BCUT2D eigenvalue weighted by molar-refractivity contribution is 6.33. The molecule has 0 saturated carbocycles.